The van der Waals surface area contributed by atoms with E-state index < -0.39 is 0 Å². The number of halogens is 1. The number of pyridine rings is 1. The third kappa shape index (κ3) is 2.36. The largest absolute Gasteiger partial charge is 0.265 e. The summed E-state index contributed by atoms with van der Waals surface area (Å²) in [6, 6.07) is 4.01. The van der Waals surface area contributed by atoms with Gasteiger partial charge in [-0.15, -0.1) is 0 Å². The summed E-state index contributed by atoms with van der Waals surface area (Å²) >= 11 is 6.19. The first-order chi connectivity index (χ1) is 8.74. The number of hydrogen-bond acceptors (Lipinski definition) is 3. The van der Waals surface area contributed by atoms with Gasteiger partial charge in [0.05, 0.1) is 5.69 Å². The molecule has 0 aromatic carbocycles. The molecule has 18 heavy (non-hydrogen) atoms. The van der Waals surface area contributed by atoms with Crippen molar-refractivity contribution in [1.82, 2.24) is 15.0 Å². The third-order valence-electron chi connectivity index (χ3n) is 3.27. The Balaban J connectivity index is 1.95. The van der Waals surface area contributed by atoms with Crippen LogP contribution in [0.15, 0.2) is 24.5 Å². The molecule has 0 spiro atoms. The van der Waals surface area contributed by atoms with Crippen molar-refractivity contribution in [3.63, 3.8) is 0 Å². The van der Waals surface area contributed by atoms with Crippen molar-refractivity contribution in [2.75, 3.05) is 0 Å². The van der Waals surface area contributed by atoms with E-state index in [0.717, 1.165) is 23.5 Å². The molecule has 2 heterocycles. The van der Waals surface area contributed by atoms with Crippen molar-refractivity contribution in [2.45, 2.75) is 32.1 Å². The molecule has 2 aromatic heterocycles. The fraction of sp³-hybridized carbons (Fsp3) is 0.357. The topological polar surface area (TPSA) is 38.7 Å². The van der Waals surface area contributed by atoms with Crippen molar-refractivity contribution in [3.8, 4) is 0 Å². The summed E-state index contributed by atoms with van der Waals surface area (Å²) in [7, 11) is 0. The molecule has 1 saturated carbocycles. The lowest BCUT2D eigenvalue weighted by Crippen LogP contribution is -2.03. The van der Waals surface area contributed by atoms with Crippen LogP contribution in [-0.2, 0) is 6.42 Å². The Labute approximate surface area is 111 Å². The van der Waals surface area contributed by atoms with E-state index in [1.54, 1.807) is 12.4 Å². The zero-order valence-corrected chi connectivity index (χ0v) is 11.0. The van der Waals surface area contributed by atoms with Crippen LogP contribution in [0, 0.1) is 6.92 Å². The molecule has 3 nitrogen and oxygen atoms in total. The van der Waals surface area contributed by atoms with E-state index in [1.165, 1.54) is 18.4 Å². The smallest absolute Gasteiger partial charge is 0.135 e. The summed E-state index contributed by atoms with van der Waals surface area (Å²) in [6.45, 7) is 1.98. The lowest BCUT2D eigenvalue weighted by molar-refractivity contribution is 0.873. The molecule has 92 valence electrons. The van der Waals surface area contributed by atoms with Crippen LogP contribution in [0.5, 0.6) is 0 Å². The number of aromatic nitrogens is 3. The Morgan fingerprint density at radius 3 is 2.61 bits per heavy atom. The summed E-state index contributed by atoms with van der Waals surface area (Å²) < 4.78 is 0. The average molecular weight is 260 g/mol. The molecule has 0 aliphatic heterocycles. The number of nitrogens with zero attached hydrogens (tertiary/aromatic N) is 3. The number of hydrogen-bond donors (Lipinski definition) is 0. The first-order valence-electron chi connectivity index (χ1n) is 6.16. The maximum atomic E-state index is 6.19. The predicted octanol–water partition coefficient (Wildman–Crippen LogP) is 3.30. The SMILES string of the molecule is Cc1c(Cl)nc(C2CC2)nc1Cc1ccncc1. The van der Waals surface area contributed by atoms with Crippen LogP contribution >= 0.6 is 11.6 Å². The minimum absolute atomic E-state index is 0.527. The summed E-state index contributed by atoms with van der Waals surface area (Å²) in [5.74, 6) is 1.44. The zero-order valence-electron chi connectivity index (χ0n) is 10.2. The average Bonchev–Trinajstić information content (AvgIpc) is 3.20. The first kappa shape index (κ1) is 11.6. The molecular weight excluding hydrogens is 246 g/mol. The fourth-order valence-electron chi connectivity index (χ4n) is 1.94. The molecule has 1 aliphatic rings. The van der Waals surface area contributed by atoms with Crippen LogP contribution < -0.4 is 0 Å². The maximum Gasteiger partial charge on any atom is 0.135 e. The van der Waals surface area contributed by atoms with Crippen molar-refractivity contribution in [1.29, 1.82) is 0 Å². The van der Waals surface area contributed by atoms with Gasteiger partial charge < -0.3 is 0 Å². The van der Waals surface area contributed by atoms with Crippen LogP contribution in [0.4, 0.5) is 0 Å². The standard InChI is InChI=1S/C14H14ClN3/c1-9-12(8-10-4-6-16-7-5-10)17-14(11-2-3-11)18-13(9)15/h4-7,11H,2-3,8H2,1H3. The molecule has 0 atom stereocenters. The highest BCUT2D eigenvalue weighted by Crippen LogP contribution is 2.39. The minimum atomic E-state index is 0.527. The van der Waals surface area contributed by atoms with E-state index in [2.05, 4.69) is 15.0 Å². The van der Waals surface area contributed by atoms with E-state index in [9.17, 15) is 0 Å². The van der Waals surface area contributed by atoms with Gasteiger partial charge in [-0.1, -0.05) is 11.6 Å². The fourth-order valence-corrected chi connectivity index (χ4v) is 2.14. The Kier molecular flexibility index (Phi) is 3.00. The Morgan fingerprint density at radius 1 is 1.22 bits per heavy atom. The Hall–Kier alpha value is -1.48. The van der Waals surface area contributed by atoms with E-state index in [1.807, 2.05) is 19.1 Å². The molecule has 0 N–H and O–H groups in total. The second-order valence-electron chi connectivity index (χ2n) is 4.75. The van der Waals surface area contributed by atoms with Gasteiger partial charge in [0.2, 0.25) is 0 Å². The second kappa shape index (κ2) is 4.65. The van der Waals surface area contributed by atoms with Crippen molar-refractivity contribution in [3.05, 3.63) is 52.3 Å². The molecule has 1 aliphatic carbocycles. The molecule has 0 radical (unpaired) electrons. The molecule has 0 saturated heterocycles. The molecule has 1 fully saturated rings. The highest BCUT2D eigenvalue weighted by atomic mass is 35.5. The van der Waals surface area contributed by atoms with Gasteiger partial charge in [-0.25, -0.2) is 9.97 Å². The number of rotatable bonds is 3. The van der Waals surface area contributed by atoms with Crippen LogP contribution in [0.2, 0.25) is 5.15 Å². The van der Waals surface area contributed by atoms with E-state index in [0.29, 0.717) is 11.1 Å². The predicted molar refractivity (Wildman–Crippen MR) is 70.8 cm³/mol. The monoisotopic (exact) mass is 259 g/mol. The van der Waals surface area contributed by atoms with Gasteiger partial charge >= 0.3 is 0 Å². The summed E-state index contributed by atoms with van der Waals surface area (Å²) in [5, 5.41) is 0.593. The molecular formula is C14H14ClN3. The second-order valence-corrected chi connectivity index (χ2v) is 5.11. The van der Waals surface area contributed by atoms with Crippen LogP contribution in [0.1, 0.15) is 41.4 Å². The van der Waals surface area contributed by atoms with Gasteiger partial charge in [-0.05, 0) is 37.5 Å². The molecule has 0 bridgehead atoms. The summed E-state index contributed by atoms with van der Waals surface area (Å²) in [6.07, 6.45) is 6.77. The highest BCUT2D eigenvalue weighted by Gasteiger charge is 2.27. The quantitative estimate of drug-likeness (QED) is 0.794. The van der Waals surface area contributed by atoms with E-state index in [-0.39, 0.29) is 0 Å². The van der Waals surface area contributed by atoms with Crippen LogP contribution in [-0.4, -0.2) is 15.0 Å². The molecule has 2 aromatic rings. The highest BCUT2D eigenvalue weighted by molar-refractivity contribution is 6.30. The van der Waals surface area contributed by atoms with Gasteiger partial charge in [-0.2, -0.15) is 0 Å². The maximum absolute atomic E-state index is 6.19. The molecule has 0 unspecified atom stereocenters. The van der Waals surface area contributed by atoms with Gasteiger partial charge in [0.15, 0.2) is 0 Å². The normalized spacial score (nSPS) is 14.8. The Bertz CT molecular complexity index is 565. The lowest BCUT2D eigenvalue weighted by atomic mass is 10.1. The third-order valence-corrected chi connectivity index (χ3v) is 3.64. The molecule has 4 heteroatoms. The Morgan fingerprint density at radius 2 is 1.94 bits per heavy atom. The van der Waals surface area contributed by atoms with E-state index in [4.69, 9.17) is 11.6 Å². The van der Waals surface area contributed by atoms with Crippen LogP contribution in [0.3, 0.4) is 0 Å². The van der Waals surface area contributed by atoms with Gasteiger partial charge in [0.1, 0.15) is 11.0 Å². The van der Waals surface area contributed by atoms with Gasteiger partial charge in [0.25, 0.3) is 0 Å². The minimum Gasteiger partial charge on any atom is -0.265 e. The first-order valence-corrected chi connectivity index (χ1v) is 6.53. The summed E-state index contributed by atoms with van der Waals surface area (Å²) in [5.41, 5.74) is 3.21. The lowest BCUT2D eigenvalue weighted by Gasteiger charge is -2.08. The zero-order chi connectivity index (χ0) is 12.5. The summed E-state index contributed by atoms with van der Waals surface area (Å²) in [4.78, 5) is 13.1. The van der Waals surface area contributed by atoms with Crippen molar-refractivity contribution < 1.29 is 0 Å². The van der Waals surface area contributed by atoms with E-state index >= 15 is 0 Å². The van der Waals surface area contributed by atoms with Crippen molar-refractivity contribution >= 4 is 11.6 Å². The van der Waals surface area contributed by atoms with Crippen LogP contribution in [0.25, 0.3) is 0 Å². The van der Waals surface area contributed by atoms with Gasteiger partial charge in [-0.3, -0.25) is 4.98 Å². The van der Waals surface area contributed by atoms with Gasteiger partial charge in [0, 0.05) is 30.3 Å². The molecule has 0 amide bonds. The van der Waals surface area contributed by atoms with Crippen molar-refractivity contribution in [2.24, 2.45) is 0 Å². The molecule has 3 rings (SSSR count).